The summed E-state index contributed by atoms with van der Waals surface area (Å²) in [6.45, 7) is 0. The topological polar surface area (TPSA) is 41.6 Å². The van der Waals surface area contributed by atoms with Gasteiger partial charge in [0.1, 0.15) is 0 Å². The fraction of sp³-hybridized carbons (Fsp3) is 0.0769. The van der Waals surface area contributed by atoms with Crippen LogP contribution in [-0.4, -0.2) is 15.0 Å². The van der Waals surface area contributed by atoms with Gasteiger partial charge in [0.15, 0.2) is 5.65 Å². The molecule has 0 spiro atoms. The molecule has 0 amide bonds. The summed E-state index contributed by atoms with van der Waals surface area (Å²) in [6.07, 6.45) is 4.43. The number of aromatic nitrogens is 3. The molecule has 0 saturated carbocycles. The summed E-state index contributed by atoms with van der Waals surface area (Å²) in [5, 5.41) is 0. The lowest BCUT2D eigenvalue weighted by Gasteiger charge is -2.01. The lowest BCUT2D eigenvalue weighted by Crippen LogP contribution is -1.89. The van der Waals surface area contributed by atoms with E-state index < -0.39 is 0 Å². The third-order valence-electron chi connectivity index (χ3n) is 2.65. The van der Waals surface area contributed by atoms with Crippen LogP contribution in [0.4, 0.5) is 0 Å². The molecule has 4 heteroatoms. The first kappa shape index (κ1) is 10.5. The molecule has 0 saturated heterocycles. The summed E-state index contributed by atoms with van der Waals surface area (Å²) in [4.78, 5) is 11.5. The van der Waals surface area contributed by atoms with Crippen molar-refractivity contribution in [3.8, 4) is 0 Å². The minimum atomic E-state index is 0.768. The molecule has 0 unspecified atom stereocenters. The van der Waals surface area contributed by atoms with Crippen LogP contribution in [0, 0.1) is 0 Å². The predicted octanol–water partition coefficient (Wildman–Crippen LogP) is 3.31. The third-order valence-corrected chi connectivity index (χ3v) is 3.18. The maximum atomic E-state index is 4.30. The Morgan fingerprint density at radius 2 is 1.88 bits per heavy atom. The number of H-pyrrole nitrogens is 1. The fourth-order valence-electron chi connectivity index (χ4n) is 1.81. The molecule has 1 aromatic carbocycles. The lowest BCUT2D eigenvalue weighted by atomic mass is 10.1. The molecule has 1 N–H and O–H groups in total. The van der Waals surface area contributed by atoms with Crippen LogP contribution < -0.4 is 0 Å². The zero-order valence-electron chi connectivity index (χ0n) is 9.02. The van der Waals surface area contributed by atoms with Gasteiger partial charge in [0.05, 0.1) is 11.8 Å². The van der Waals surface area contributed by atoms with Crippen molar-refractivity contribution in [1.82, 2.24) is 15.0 Å². The molecule has 0 aliphatic carbocycles. The fourth-order valence-corrected chi connectivity index (χ4v) is 2.07. The number of aromatic amines is 1. The SMILES string of the molecule is Brc1ccc(Cc2cnc3nc[nH]c3c2)cc1. The zero-order valence-corrected chi connectivity index (χ0v) is 10.6. The van der Waals surface area contributed by atoms with Crippen molar-refractivity contribution in [1.29, 1.82) is 0 Å². The molecule has 0 radical (unpaired) electrons. The quantitative estimate of drug-likeness (QED) is 0.786. The highest BCUT2D eigenvalue weighted by Crippen LogP contribution is 2.15. The molecule has 0 bridgehead atoms. The van der Waals surface area contributed by atoms with Crippen LogP contribution in [-0.2, 0) is 6.42 Å². The van der Waals surface area contributed by atoms with Gasteiger partial charge in [0, 0.05) is 10.7 Å². The third kappa shape index (κ3) is 2.22. The average molecular weight is 288 g/mol. The summed E-state index contributed by atoms with van der Waals surface area (Å²) in [5.74, 6) is 0. The number of halogens is 1. The largest absolute Gasteiger partial charge is 0.343 e. The molecule has 3 rings (SSSR count). The van der Waals surface area contributed by atoms with E-state index >= 15 is 0 Å². The van der Waals surface area contributed by atoms with E-state index in [0.717, 1.165) is 22.1 Å². The lowest BCUT2D eigenvalue weighted by molar-refractivity contribution is 1.16. The summed E-state index contributed by atoms with van der Waals surface area (Å²) in [6, 6.07) is 10.4. The van der Waals surface area contributed by atoms with Gasteiger partial charge in [0.25, 0.3) is 0 Å². The summed E-state index contributed by atoms with van der Waals surface area (Å²) >= 11 is 3.43. The Balaban J connectivity index is 1.91. The molecular weight excluding hydrogens is 278 g/mol. The first-order chi connectivity index (χ1) is 8.31. The Labute approximate surface area is 107 Å². The first-order valence-corrected chi connectivity index (χ1v) is 6.13. The Morgan fingerprint density at radius 1 is 1.06 bits per heavy atom. The number of fused-ring (bicyclic) bond motifs is 1. The standard InChI is InChI=1S/C13H10BrN3/c14-11-3-1-9(2-4-11)5-10-6-12-13(15-7-10)17-8-16-12/h1-4,6-8H,5H2,(H,15,16,17). The number of pyridine rings is 1. The normalized spacial score (nSPS) is 10.9. The minimum Gasteiger partial charge on any atom is -0.343 e. The van der Waals surface area contributed by atoms with Crippen LogP contribution in [0.5, 0.6) is 0 Å². The van der Waals surface area contributed by atoms with Crippen LogP contribution in [0.25, 0.3) is 11.2 Å². The van der Waals surface area contributed by atoms with Crippen molar-refractivity contribution in [2.45, 2.75) is 6.42 Å². The van der Waals surface area contributed by atoms with E-state index in [1.807, 2.05) is 6.20 Å². The second-order valence-electron chi connectivity index (χ2n) is 3.92. The van der Waals surface area contributed by atoms with Crippen LogP contribution >= 0.6 is 15.9 Å². The first-order valence-electron chi connectivity index (χ1n) is 5.34. The number of nitrogens with one attached hydrogen (secondary N) is 1. The predicted molar refractivity (Wildman–Crippen MR) is 70.8 cm³/mol. The van der Waals surface area contributed by atoms with Gasteiger partial charge in [-0.2, -0.15) is 0 Å². The number of hydrogen-bond acceptors (Lipinski definition) is 2. The maximum absolute atomic E-state index is 4.30. The number of imidazole rings is 1. The second kappa shape index (κ2) is 4.30. The highest BCUT2D eigenvalue weighted by Gasteiger charge is 2.01. The van der Waals surface area contributed by atoms with E-state index in [1.165, 1.54) is 11.1 Å². The Morgan fingerprint density at radius 3 is 2.71 bits per heavy atom. The monoisotopic (exact) mass is 287 g/mol. The molecule has 3 aromatic rings. The van der Waals surface area contributed by atoms with Crippen LogP contribution in [0.2, 0.25) is 0 Å². The molecule has 2 aromatic heterocycles. The van der Waals surface area contributed by atoms with Gasteiger partial charge in [-0.3, -0.25) is 0 Å². The highest BCUT2D eigenvalue weighted by atomic mass is 79.9. The van der Waals surface area contributed by atoms with Gasteiger partial charge in [-0.1, -0.05) is 28.1 Å². The molecule has 3 nitrogen and oxygen atoms in total. The highest BCUT2D eigenvalue weighted by molar-refractivity contribution is 9.10. The van der Waals surface area contributed by atoms with E-state index in [-0.39, 0.29) is 0 Å². The van der Waals surface area contributed by atoms with Crippen LogP contribution in [0.3, 0.4) is 0 Å². The smallest absolute Gasteiger partial charge is 0.177 e. The van der Waals surface area contributed by atoms with E-state index in [0.29, 0.717) is 0 Å². The number of nitrogens with zero attached hydrogens (tertiary/aromatic N) is 2. The summed E-state index contributed by atoms with van der Waals surface area (Å²) in [7, 11) is 0. The molecule has 0 fully saturated rings. The molecule has 2 heterocycles. The minimum absolute atomic E-state index is 0.768. The maximum Gasteiger partial charge on any atom is 0.177 e. The number of rotatable bonds is 2. The van der Waals surface area contributed by atoms with E-state index in [9.17, 15) is 0 Å². The van der Waals surface area contributed by atoms with Crippen LogP contribution in [0.1, 0.15) is 11.1 Å². The van der Waals surface area contributed by atoms with E-state index in [2.05, 4.69) is 61.2 Å². The molecule has 17 heavy (non-hydrogen) atoms. The molecule has 84 valence electrons. The second-order valence-corrected chi connectivity index (χ2v) is 4.84. The molecule has 0 aliphatic heterocycles. The van der Waals surface area contributed by atoms with Gasteiger partial charge in [-0.25, -0.2) is 9.97 Å². The summed E-state index contributed by atoms with van der Waals surface area (Å²) in [5.41, 5.74) is 4.21. The molecule has 0 aliphatic rings. The molecular formula is C13H10BrN3. The average Bonchev–Trinajstić information content (AvgIpc) is 2.79. The Hall–Kier alpha value is -1.68. The van der Waals surface area contributed by atoms with Crippen molar-refractivity contribution in [3.05, 3.63) is 58.5 Å². The van der Waals surface area contributed by atoms with Gasteiger partial charge in [-0.05, 0) is 35.7 Å². The molecule has 0 atom stereocenters. The van der Waals surface area contributed by atoms with Gasteiger partial charge >= 0.3 is 0 Å². The zero-order chi connectivity index (χ0) is 11.7. The summed E-state index contributed by atoms with van der Waals surface area (Å²) < 4.78 is 1.10. The number of benzene rings is 1. The van der Waals surface area contributed by atoms with E-state index in [4.69, 9.17) is 0 Å². The van der Waals surface area contributed by atoms with Crippen molar-refractivity contribution < 1.29 is 0 Å². The van der Waals surface area contributed by atoms with Crippen molar-refractivity contribution in [2.24, 2.45) is 0 Å². The van der Waals surface area contributed by atoms with Gasteiger partial charge < -0.3 is 4.98 Å². The Bertz CT molecular complexity index is 643. The van der Waals surface area contributed by atoms with Gasteiger partial charge in [-0.15, -0.1) is 0 Å². The Kier molecular flexibility index (Phi) is 2.65. The van der Waals surface area contributed by atoms with Crippen molar-refractivity contribution >= 4 is 27.1 Å². The number of hydrogen-bond donors (Lipinski definition) is 1. The van der Waals surface area contributed by atoms with Crippen molar-refractivity contribution in [3.63, 3.8) is 0 Å². The van der Waals surface area contributed by atoms with Crippen molar-refractivity contribution in [2.75, 3.05) is 0 Å². The van der Waals surface area contributed by atoms with Crippen LogP contribution in [0.15, 0.2) is 47.3 Å². The van der Waals surface area contributed by atoms with E-state index in [1.54, 1.807) is 6.33 Å². The van der Waals surface area contributed by atoms with Gasteiger partial charge in [0.2, 0.25) is 0 Å².